The Bertz CT molecular complexity index is 1100. The van der Waals surface area contributed by atoms with Crippen molar-refractivity contribution in [1.82, 2.24) is 19.7 Å². The van der Waals surface area contributed by atoms with E-state index in [0.29, 0.717) is 11.5 Å². The van der Waals surface area contributed by atoms with Crippen LogP contribution >= 0.6 is 15.9 Å². The summed E-state index contributed by atoms with van der Waals surface area (Å²) in [7, 11) is 0. The Kier molecular flexibility index (Phi) is 4.67. The molecule has 132 valence electrons. The number of carbonyl (C=O) groups excluding carboxylic acids is 1. The molecule has 0 fully saturated rings. The van der Waals surface area contributed by atoms with Gasteiger partial charge in [0.2, 0.25) is 0 Å². The van der Waals surface area contributed by atoms with Gasteiger partial charge in [0.25, 0.3) is 17.0 Å². The summed E-state index contributed by atoms with van der Waals surface area (Å²) in [6.45, 7) is 1.56. The zero-order chi connectivity index (χ0) is 18.8. The number of rotatable bonds is 3. The lowest BCUT2D eigenvalue weighted by atomic mass is 10.3. The summed E-state index contributed by atoms with van der Waals surface area (Å²) in [5, 5.41) is 16.2. The molecule has 1 amide bonds. The van der Waals surface area contributed by atoms with E-state index in [-0.39, 0.29) is 11.5 Å². The zero-order valence-electron chi connectivity index (χ0n) is 13.4. The molecule has 0 aliphatic rings. The topological polar surface area (TPSA) is 130 Å². The Labute approximate surface area is 154 Å². The minimum absolute atomic E-state index is 0.00107. The Morgan fingerprint density at radius 1 is 1.23 bits per heavy atom. The predicted molar refractivity (Wildman–Crippen MR) is 96.7 cm³/mol. The van der Waals surface area contributed by atoms with Crippen LogP contribution in [-0.2, 0) is 0 Å². The van der Waals surface area contributed by atoms with Crippen LogP contribution in [0.4, 0.5) is 5.82 Å². The normalized spacial score (nSPS) is 10.5. The molecule has 0 aliphatic heterocycles. The molecule has 2 heterocycles. The molecule has 3 N–H and O–H groups in total. The van der Waals surface area contributed by atoms with Crippen molar-refractivity contribution in [3.63, 3.8) is 0 Å². The molecule has 0 bridgehead atoms. The van der Waals surface area contributed by atoms with Gasteiger partial charge in [-0.15, -0.1) is 0 Å². The number of carbonyl (C=O) groups is 1. The van der Waals surface area contributed by atoms with E-state index in [1.807, 2.05) is 0 Å². The predicted octanol–water partition coefficient (Wildman–Crippen LogP) is 1.34. The standard InChI is InChI=1S/C16H12BrN5O4/c1-8-18-12(7-13(24)19-8)20-16(26)15-11(23)6-14(25)22(21-15)10-4-2-9(17)3-5-10/h2-7,23H,1H3,(H2,18,19,20,24,26). The zero-order valence-corrected chi connectivity index (χ0v) is 14.9. The summed E-state index contributed by atoms with van der Waals surface area (Å²) in [5.41, 5.74) is -1.01. The van der Waals surface area contributed by atoms with E-state index in [9.17, 15) is 19.5 Å². The summed E-state index contributed by atoms with van der Waals surface area (Å²) in [6, 6.07) is 8.64. The fourth-order valence-corrected chi connectivity index (χ4v) is 2.46. The van der Waals surface area contributed by atoms with Crippen LogP contribution < -0.4 is 16.4 Å². The van der Waals surface area contributed by atoms with Crippen LogP contribution in [0.15, 0.2) is 50.5 Å². The van der Waals surface area contributed by atoms with Crippen molar-refractivity contribution in [2.75, 3.05) is 5.32 Å². The highest BCUT2D eigenvalue weighted by Gasteiger charge is 2.18. The third-order valence-electron chi connectivity index (χ3n) is 3.30. The van der Waals surface area contributed by atoms with Crippen molar-refractivity contribution in [1.29, 1.82) is 0 Å². The van der Waals surface area contributed by atoms with Crippen molar-refractivity contribution in [2.45, 2.75) is 6.92 Å². The number of H-pyrrole nitrogens is 1. The lowest BCUT2D eigenvalue weighted by molar-refractivity contribution is 0.101. The number of benzene rings is 1. The number of nitrogens with one attached hydrogen (secondary N) is 2. The second-order valence-corrected chi connectivity index (χ2v) is 6.19. The summed E-state index contributed by atoms with van der Waals surface area (Å²) < 4.78 is 1.79. The molecular weight excluding hydrogens is 406 g/mol. The lowest BCUT2D eigenvalue weighted by Gasteiger charge is -2.09. The van der Waals surface area contributed by atoms with Gasteiger partial charge in [-0.25, -0.2) is 4.98 Å². The molecule has 0 saturated heterocycles. The van der Waals surface area contributed by atoms with E-state index in [1.54, 1.807) is 31.2 Å². The quantitative estimate of drug-likeness (QED) is 0.589. The molecule has 0 atom stereocenters. The summed E-state index contributed by atoms with van der Waals surface area (Å²) in [6.07, 6.45) is 0. The first-order valence-electron chi connectivity index (χ1n) is 7.32. The number of hydrogen-bond acceptors (Lipinski definition) is 6. The average molecular weight is 418 g/mol. The van der Waals surface area contributed by atoms with Gasteiger partial charge >= 0.3 is 0 Å². The van der Waals surface area contributed by atoms with Gasteiger partial charge in [-0.05, 0) is 31.2 Å². The van der Waals surface area contributed by atoms with Gasteiger partial charge < -0.3 is 15.4 Å². The van der Waals surface area contributed by atoms with E-state index in [0.717, 1.165) is 21.3 Å². The van der Waals surface area contributed by atoms with Crippen LogP contribution in [0.2, 0.25) is 0 Å². The van der Waals surface area contributed by atoms with E-state index in [1.165, 1.54) is 0 Å². The molecule has 0 aliphatic carbocycles. The minimum Gasteiger partial charge on any atom is -0.505 e. The number of hydrogen-bond donors (Lipinski definition) is 3. The lowest BCUT2D eigenvalue weighted by Crippen LogP contribution is -2.26. The molecule has 0 spiro atoms. The Morgan fingerprint density at radius 2 is 1.92 bits per heavy atom. The molecule has 9 nitrogen and oxygen atoms in total. The van der Waals surface area contributed by atoms with Crippen LogP contribution in [0.25, 0.3) is 5.69 Å². The third kappa shape index (κ3) is 3.70. The second kappa shape index (κ2) is 6.92. The maximum absolute atomic E-state index is 12.4. The first-order chi connectivity index (χ1) is 12.3. The SMILES string of the molecule is Cc1nc(NC(=O)c2nn(-c3ccc(Br)cc3)c(=O)cc2O)cc(=O)[nH]1. The first kappa shape index (κ1) is 17.5. The Hall–Kier alpha value is -3.27. The van der Waals surface area contributed by atoms with E-state index >= 15 is 0 Å². The molecule has 0 unspecified atom stereocenters. The molecule has 0 radical (unpaired) electrons. The monoisotopic (exact) mass is 417 g/mol. The van der Waals surface area contributed by atoms with Crippen LogP contribution in [-0.4, -0.2) is 30.8 Å². The Balaban J connectivity index is 2.00. The maximum atomic E-state index is 12.4. The highest BCUT2D eigenvalue weighted by molar-refractivity contribution is 9.10. The number of nitrogens with zero attached hydrogens (tertiary/aromatic N) is 3. The summed E-state index contributed by atoms with van der Waals surface area (Å²) in [5.74, 6) is -1.09. The molecule has 1 aromatic carbocycles. The number of aryl methyl sites for hydroxylation is 1. The largest absolute Gasteiger partial charge is 0.505 e. The molecule has 3 aromatic rings. The van der Waals surface area contributed by atoms with Gasteiger partial charge in [-0.1, -0.05) is 15.9 Å². The van der Waals surface area contributed by atoms with Crippen molar-refractivity contribution in [2.24, 2.45) is 0 Å². The van der Waals surface area contributed by atoms with Gasteiger partial charge in [0, 0.05) is 16.6 Å². The number of anilines is 1. The van der Waals surface area contributed by atoms with Gasteiger partial charge in [0.05, 0.1) is 5.69 Å². The molecule has 0 saturated carbocycles. The van der Waals surface area contributed by atoms with Gasteiger partial charge in [0.15, 0.2) is 11.4 Å². The first-order valence-corrected chi connectivity index (χ1v) is 8.11. The summed E-state index contributed by atoms with van der Waals surface area (Å²) >= 11 is 3.29. The second-order valence-electron chi connectivity index (χ2n) is 5.27. The number of aromatic hydroxyl groups is 1. The highest BCUT2D eigenvalue weighted by Crippen LogP contribution is 2.16. The molecule has 26 heavy (non-hydrogen) atoms. The fraction of sp³-hybridized carbons (Fsp3) is 0.0625. The number of aromatic nitrogens is 4. The van der Waals surface area contributed by atoms with Crippen molar-refractivity contribution in [3.05, 3.63) is 73.1 Å². The van der Waals surface area contributed by atoms with Crippen molar-refractivity contribution in [3.8, 4) is 11.4 Å². The van der Waals surface area contributed by atoms with E-state index in [4.69, 9.17) is 0 Å². The smallest absolute Gasteiger partial charge is 0.281 e. The number of aromatic amines is 1. The molecular formula is C16H12BrN5O4. The van der Waals surface area contributed by atoms with Crippen LogP contribution in [0, 0.1) is 6.92 Å². The maximum Gasteiger partial charge on any atom is 0.281 e. The van der Waals surface area contributed by atoms with Crippen molar-refractivity contribution < 1.29 is 9.90 Å². The Morgan fingerprint density at radius 3 is 2.58 bits per heavy atom. The number of halogens is 1. The fourth-order valence-electron chi connectivity index (χ4n) is 2.19. The van der Waals surface area contributed by atoms with Crippen LogP contribution in [0.5, 0.6) is 5.75 Å². The summed E-state index contributed by atoms with van der Waals surface area (Å²) in [4.78, 5) is 42.3. The van der Waals surface area contributed by atoms with Crippen molar-refractivity contribution >= 4 is 27.7 Å². The average Bonchev–Trinajstić information content (AvgIpc) is 2.55. The highest BCUT2D eigenvalue weighted by atomic mass is 79.9. The van der Waals surface area contributed by atoms with Crippen LogP contribution in [0.3, 0.4) is 0 Å². The van der Waals surface area contributed by atoms with Gasteiger partial charge in [0.1, 0.15) is 11.6 Å². The minimum atomic E-state index is -0.814. The molecule has 3 rings (SSSR count). The number of amides is 1. The molecule has 2 aromatic heterocycles. The van der Waals surface area contributed by atoms with E-state index in [2.05, 4.69) is 36.3 Å². The van der Waals surface area contributed by atoms with E-state index < -0.39 is 22.8 Å². The van der Waals surface area contributed by atoms with Gasteiger partial charge in [-0.3, -0.25) is 14.4 Å². The van der Waals surface area contributed by atoms with Gasteiger partial charge in [-0.2, -0.15) is 9.78 Å². The van der Waals surface area contributed by atoms with Crippen LogP contribution in [0.1, 0.15) is 16.3 Å². The molecule has 10 heteroatoms. The third-order valence-corrected chi connectivity index (χ3v) is 3.83.